The van der Waals surface area contributed by atoms with Crippen molar-refractivity contribution < 1.29 is 31.5 Å². The number of carbonyl (C=O) groups excluding carboxylic acids is 2. The molecule has 0 fully saturated rings. The van der Waals surface area contributed by atoms with Crippen molar-refractivity contribution in [3.05, 3.63) is 69.3 Å². The molecule has 0 radical (unpaired) electrons. The SMILES string of the molecule is Nc1ccc(F)c(C(=O)NC(=O)Nc2ccc(Cl)c(-c3ncc(C(F)(F)F)cc3Cl)c2S)c1F. The van der Waals surface area contributed by atoms with Gasteiger partial charge in [-0.05, 0) is 30.3 Å². The van der Waals surface area contributed by atoms with Crippen LogP contribution in [0.15, 0.2) is 41.4 Å². The fraction of sp³-hybridized carbons (Fsp3) is 0.0500. The molecule has 0 aliphatic carbocycles. The van der Waals surface area contributed by atoms with Crippen molar-refractivity contribution in [1.82, 2.24) is 10.3 Å². The van der Waals surface area contributed by atoms with Crippen LogP contribution < -0.4 is 16.4 Å². The van der Waals surface area contributed by atoms with Crippen LogP contribution in [-0.4, -0.2) is 16.9 Å². The summed E-state index contributed by atoms with van der Waals surface area (Å²) in [4.78, 5) is 28.1. The number of halogens is 7. The van der Waals surface area contributed by atoms with Gasteiger partial charge in [0.1, 0.15) is 11.4 Å². The molecule has 0 atom stereocenters. The number of benzene rings is 2. The summed E-state index contributed by atoms with van der Waals surface area (Å²) in [5.41, 5.74) is 2.40. The number of imide groups is 1. The summed E-state index contributed by atoms with van der Waals surface area (Å²) in [5, 5.41) is 3.55. The highest BCUT2D eigenvalue weighted by Crippen LogP contribution is 2.41. The zero-order valence-electron chi connectivity index (χ0n) is 16.4. The van der Waals surface area contributed by atoms with Gasteiger partial charge < -0.3 is 11.1 Å². The first-order valence-electron chi connectivity index (χ1n) is 8.91. The highest BCUT2D eigenvalue weighted by atomic mass is 35.5. The fourth-order valence-corrected chi connectivity index (χ4v) is 3.70. The first kappa shape index (κ1) is 25.5. The van der Waals surface area contributed by atoms with Gasteiger partial charge in [0.05, 0.1) is 32.7 Å². The van der Waals surface area contributed by atoms with Gasteiger partial charge in [0.15, 0.2) is 5.82 Å². The molecule has 0 saturated heterocycles. The van der Waals surface area contributed by atoms with E-state index in [1.807, 2.05) is 0 Å². The zero-order valence-corrected chi connectivity index (χ0v) is 18.8. The lowest BCUT2D eigenvalue weighted by Gasteiger charge is -2.15. The van der Waals surface area contributed by atoms with Crippen molar-refractivity contribution in [3.8, 4) is 11.3 Å². The number of rotatable bonds is 3. The van der Waals surface area contributed by atoms with Crippen LogP contribution in [-0.2, 0) is 6.18 Å². The Morgan fingerprint density at radius 3 is 2.35 bits per heavy atom. The third-order valence-electron chi connectivity index (χ3n) is 4.36. The number of nitrogen functional groups attached to an aromatic ring is 1. The Bertz CT molecular complexity index is 1320. The molecular weight excluding hydrogens is 526 g/mol. The summed E-state index contributed by atoms with van der Waals surface area (Å²) >= 11 is 16.3. The molecule has 0 aliphatic rings. The fourth-order valence-electron chi connectivity index (χ4n) is 2.77. The maximum Gasteiger partial charge on any atom is 0.417 e. The van der Waals surface area contributed by atoms with E-state index >= 15 is 0 Å². The molecule has 1 heterocycles. The van der Waals surface area contributed by atoms with Gasteiger partial charge in [-0.15, -0.1) is 12.6 Å². The third kappa shape index (κ3) is 5.18. The van der Waals surface area contributed by atoms with Crippen LogP contribution in [0, 0.1) is 11.6 Å². The molecule has 14 heteroatoms. The highest BCUT2D eigenvalue weighted by Gasteiger charge is 2.32. The molecule has 0 aliphatic heterocycles. The van der Waals surface area contributed by atoms with Crippen molar-refractivity contribution in [2.24, 2.45) is 0 Å². The number of carbonyl (C=O) groups is 2. The first-order chi connectivity index (χ1) is 15.8. The van der Waals surface area contributed by atoms with Crippen LogP contribution in [0.1, 0.15) is 15.9 Å². The van der Waals surface area contributed by atoms with Crippen molar-refractivity contribution in [1.29, 1.82) is 0 Å². The van der Waals surface area contributed by atoms with Crippen LogP contribution in [0.3, 0.4) is 0 Å². The predicted octanol–water partition coefficient (Wildman–Crippen LogP) is 6.19. The standard InChI is InChI=1S/C20H11Cl2F5N4O2S/c21-8-1-4-12(17(34)13(8)16-9(22)5-7(6-29-16)20(25,26)27)30-19(33)31-18(32)14-10(23)2-3-11(28)15(14)24/h1-6,34H,28H2,(H2,30,31,32,33). The van der Waals surface area contributed by atoms with Gasteiger partial charge in [-0.25, -0.2) is 13.6 Å². The lowest BCUT2D eigenvalue weighted by atomic mass is 10.1. The van der Waals surface area contributed by atoms with E-state index in [-0.39, 0.29) is 26.9 Å². The van der Waals surface area contributed by atoms with Crippen LogP contribution in [0.5, 0.6) is 0 Å². The minimum Gasteiger partial charge on any atom is -0.396 e. The van der Waals surface area contributed by atoms with Gasteiger partial charge in [-0.1, -0.05) is 23.2 Å². The number of hydrogen-bond acceptors (Lipinski definition) is 5. The number of alkyl halides is 3. The number of pyridine rings is 1. The maximum absolute atomic E-state index is 14.0. The van der Waals surface area contributed by atoms with Gasteiger partial charge in [0.2, 0.25) is 0 Å². The number of hydrogen-bond donors (Lipinski definition) is 4. The average molecular weight is 537 g/mol. The molecule has 0 spiro atoms. The smallest absolute Gasteiger partial charge is 0.396 e. The molecule has 6 nitrogen and oxygen atoms in total. The van der Waals surface area contributed by atoms with E-state index in [0.717, 1.165) is 12.1 Å². The summed E-state index contributed by atoms with van der Waals surface area (Å²) < 4.78 is 66.5. The molecule has 1 aromatic heterocycles. The van der Waals surface area contributed by atoms with Gasteiger partial charge >= 0.3 is 12.2 Å². The van der Waals surface area contributed by atoms with Crippen LogP contribution in [0.4, 0.5) is 38.1 Å². The molecule has 0 saturated carbocycles. The number of urea groups is 1. The molecule has 3 rings (SSSR count). The van der Waals surface area contributed by atoms with Gasteiger partial charge in [-0.3, -0.25) is 15.1 Å². The topological polar surface area (TPSA) is 97.1 Å². The Kier molecular flexibility index (Phi) is 7.24. The lowest BCUT2D eigenvalue weighted by Crippen LogP contribution is -2.35. The largest absolute Gasteiger partial charge is 0.417 e. The summed E-state index contributed by atoms with van der Waals surface area (Å²) in [5.74, 6) is -4.01. The van der Waals surface area contributed by atoms with E-state index in [1.165, 1.54) is 12.1 Å². The maximum atomic E-state index is 14.0. The van der Waals surface area contributed by atoms with E-state index in [9.17, 15) is 31.5 Å². The number of nitrogens with zero attached hydrogens (tertiary/aromatic N) is 1. The number of nitrogens with two attached hydrogens (primary N) is 1. The van der Waals surface area contributed by atoms with Crippen molar-refractivity contribution in [2.75, 3.05) is 11.1 Å². The minimum absolute atomic E-state index is 0.00917. The van der Waals surface area contributed by atoms with Gasteiger partial charge in [0.25, 0.3) is 5.91 Å². The molecule has 4 N–H and O–H groups in total. The molecule has 3 amide bonds. The lowest BCUT2D eigenvalue weighted by molar-refractivity contribution is -0.137. The normalized spacial score (nSPS) is 11.3. The molecule has 178 valence electrons. The van der Waals surface area contributed by atoms with E-state index < -0.39 is 51.6 Å². The Balaban J connectivity index is 1.89. The molecule has 3 aromatic rings. The van der Waals surface area contributed by atoms with E-state index in [2.05, 4.69) is 22.9 Å². The molecule has 0 unspecified atom stereocenters. The number of thiol groups is 1. The second kappa shape index (κ2) is 9.65. The molecule has 34 heavy (non-hydrogen) atoms. The number of anilines is 2. The second-order valence-corrected chi connectivity index (χ2v) is 7.87. The number of amides is 3. The molecule has 2 aromatic carbocycles. The van der Waals surface area contributed by atoms with Crippen molar-refractivity contribution in [3.63, 3.8) is 0 Å². The summed E-state index contributed by atoms with van der Waals surface area (Å²) in [6.07, 6.45) is -4.13. The number of aromatic nitrogens is 1. The van der Waals surface area contributed by atoms with Crippen molar-refractivity contribution >= 4 is 59.1 Å². The van der Waals surface area contributed by atoms with Crippen LogP contribution >= 0.6 is 35.8 Å². The summed E-state index contributed by atoms with van der Waals surface area (Å²) in [6.45, 7) is 0. The Hall–Kier alpha value is -3.09. The Labute approximate surface area is 203 Å². The van der Waals surface area contributed by atoms with E-state index in [4.69, 9.17) is 28.9 Å². The second-order valence-electron chi connectivity index (χ2n) is 6.60. The molecular formula is C20H11Cl2F5N4O2S. The predicted molar refractivity (Wildman–Crippen MR) is 119 cm³/mol. The number of nitrogens with one attached hydrogen (secondary N) is 2. The summed E-state index contributed by atoms with van der Waals surface area (Å²) in [6, 6.07) is 3.63. The first-order valence-corrected chi connectivity index (χ1v) is 10.1. The average Bonchev–Trinajstić information content (AvgIpc) is 2.73. The molecule has 0 bridgehead atoms. The Morgan fingerprint density at radius 1 is 1.06 bits per heavy atom. The summed E-state index contributed by atoms with van der Waals surface area (Å²) in [7, 11) is 0. The third-order valence-corrected chi connectivity index (χ3v) is 5.42. The van der Waals surface area contributed by atoms with Gasteiger partial charge in [-0.2, -0.15) is 13.2 Å². The van der Waals surface area contributed by atoms with Gasteiger partial charge in [0, 0.05) is 16.7 Å². The van der Waals surface area contributed by atoms with Crippen LogP contribution in [0.25, 0.3) is 11.3 Å². The van der Waals surface area contributed by atoms with Crippen LogP contribution in [0.2, 0.25) is 10.0 Å². The Morgan fingerprint density at radius 2 is 1.74 bits per heavy atom. The van der Waals surface area contributed by atoms with E-state index in [0.29, 0.717) is 12.3 Å². The monoisotopic (exact) mass is 536 g/mol. The quantitative estimate of drug-likeness (QED) is 0.182. The minimum atomic E-state index is -4.68. The van der Waals surface area contributed by atoms with Crippen molar-refractivity contribution in [2.45, 2.75) is 11.1 Å². The zero-order chi connectivity index (χ0) is 25.4. The highest BCUT2D eigenvalue weighted by molar-refractivity contribution is 7.80. The van der Waals surface area contributed by atoms with E-state index in [1.54, 1.807) is 5.32 Å².